The lowest BCUT2D eigenvalue weighted by Crippen LogP contribution is -2.50. The summed E-state index contributed by atoms with van der Waals surface area (Å²) in [7, 11) is 0. The molecule has 3 rings (SSSR count). The van der Waals surface area contributed by atoms with Gasteiger partial charge < -0.3 is 16.8 Å². The van der Waals surface area contributed by atoms with Crippen LogP contribution in [0, 0.1) is 17.5 Å². The second-order valence-electron chi connectivity index (χ2n) is 7.51. The molecule has 0 spiro atoms. The maximum atomic E-state index is 13.3. The third-order valence-corrected chi connectivity index (χ3v) is 5.24. The van der Waals surface area contributed by atoms with E-state index < -0.39 is 29.7 Å². The van der Waals surface area contributed by atoms with Crippen LogP contribution in [-0.4, -0.2) is 18.0 Å². The molecule has 0 radical (unpaired) electrons. The summed E-state index contributed by atoms with van der Waals surface area (Å²) >= 11 is 6.06. The topological polar surface area (TPSA) is 106 Å². The average molecular weight is 490 g/mol. The maximum Gasteiger partial charge on any atom is 0.257 e. The first kappa shape index (κ1) is 25.2. The first-order valence-electron chi connectivity index (χ1n) is 10.3. The third kappa shape index (κ3) is 7.31. The minimum atomic E-state index is -0.740. The van der Waals surface area contributed by atoms with Gasteiger partial charge in [-0.2, -0.15) is 0 Å². The van der Waals surface area contributed by atoms with Gasteiger partial charge in [0.1, 0.15) is 17.5 Å². The smallest absolute Gasteiger partial charge is 0.257 e. The molecule has 10 heteroatoms. The Morgan fingerprint density at radius 1 is 0.912 bits per heavy atom. The highest BCUT2D eigenvalue weighted by atomic mass is 35.5. The Labute approximate surface area is 199 Å². The Hall–Kier alpha value is -3.40. The normalized spacial score (nSPS) is 13.3. The predicted octanol–water partition coefficient (Wildman–Crippen LogP) is 4.01. The zero-order valence-electron chi connectivity index (χ0n) is 17.9. The molecular weight excluding hydrogens is 467 g/mol. The standard InChI is InChI=1S/C24H23ClF3N5O/c25-20-11-19(28)10-5-16(20)13-31-24(33-23(34)15-3-8-18(27)9-4-15)32-22(30)12-21(29)14-1-6-17(26)7-2-14/h1-11,21-22H,12-13,29-30H2,(H2,31,32,33,34). The molecule has 0 heterocycles. The summed E-state index contributed by atoms with van der Waals surface area (Å²) in [6.45, 7) is 0.0158. The molecule has 0 saturated carbocycles. The number of benzene rings is 3. The van der Waals surface area contributed by atoms with Gasteiger partial charge in [-0.1, -0.05) is 29.8 Å². The summed E-state index contributed by atoms with van der Waals surface area (Å²) in [6, 6.07) is 14.1. The lowest BCUT2D eigenvalue weighted by molar-refractivity contribution is 0.0975. The van der Waals surface area contributed by atoms with Crippen molar-refractivity contribution in [1.29, 1.82) is 0 Å². The second-order valence-corrected chi connectivity index (χ2v) is 7.91. The molecule has 2 atom stereocenters. The third-order valence-electron chi connectivity index (χ3n) is 4.89. The van der Waals surface area contributed by atoms with E-state index in [4.69, 9.17) is 23.1 Å². The van der Waals surface area contributed by atoms with E-state index in [1.165, 1.54) is 36.4 Å². The number of rotatable bonds is 7. The first-order chi connectivity index (χ1) is 16.2. The number of carbonyl (C=O) groups excluding carboxylic acids is 1. The highest BCUT2D eigenvalue weighted by molar-refractivity contribution is 6.31. The van der Waals surface area contributed by atoms with E-state index in [2.05, 4.69) is 15.6 Å². The minimum Gasteiger partial charge on any atom is -0.341 e. The van der Waals surface area contributed by atoms with Crippen LogP contribution in [0.25, 0.3) is 0 Å². The lowest BCUT2D eigenvalue weighted by Gasteiger charge is -2.21. The number of guanidine groups is 1. The van der Waals surface area contributed by atoms with Crippen LogP contribution in [0.15, 0.2) is 71.7 Å². The number of aliphatic imine (C=N–C) groups is 1. The minimum absolute atomic E-state index is 0.0158. The van der Waals surface area contributed by atoms with Crippen molar-refractivity contribution in [2.75, 3.05) is 0 Å². The van der Waals surface area contributed by atoms with E-state index in [1.807, 2.05) is 0 Å². The van der Waals surface area contributed by atoms with Crippen molar-refractivity contribution in [2.24, 2.45) is 16.5 Å². The Bertz CT molecular complexity index is 1160. The molecule has 0 aliphatic rings. The van der Waals surface area contributed by atoms with E-state index in [0.29, 0.717) is 11.1 Å². The zero-order chi connectivity index (χ0) is 24.7. The van der Waals surface area contributed by atoms with Crippen LogP contribution in [0.5, 0.6) is 0 Å². The highest BCUT2D eigenvalue weighted by Crippen LogP contribution is 2.18. The Morgan fingerprint density at radius 2 is 1.50 bits per heavy atom. The van der Waals surface area contributed by atoms with Crippen molar-refractivity contribution in [2.45, 2.75) is 25.2 Å². The van der Waals surface area contributed by atoms with Gasteiger partial charge in [-0.15, -0.1) is 0 Å². The molecule has 3 aromatic carbocycles. The summed E-state index contributed by atoms with van der Waals surface area (Å²) in [5, 5.41) is 5.66. The Kier molecular flexibility index (Phi) is 8.64. The molecule has 3 aromatic rings. The van der Waals surface area contributed by atoms with Crippen LogP contribution in [0.2, 0.25) is 5.02 Å². The molecule has 0 aliphatic carbocycles. The number of nitrogens with two attached hydrogens (primary N) is 2. The van der Waals surface area contributed by atoms with Crippen molar-refractivity contribution < 1.29 is 18.0 Å². The van der Waals surface area contributed by atoms with E-state index in [0.717, 1.165) is 18.2 Å². The van der Waals surface area contributed by atoms with Gasteiger partial charge in [0.05, 0.1) is 12.7 Å². The van der Waals surface area contributed by atoms with Gasteiger partial charge in [0.2, 0.25) is 0 Å². The van der Waals surface area contributed by atoms with Gasteiger partial charge in [0, 0.05) is 16.6 Å². The highest BCUT2D eigenvalue weighted by Gasteiger charge is 2.16. The van der Waals surface area contributed by atoms with Gasteiger partial charge in [-0.25, -0.2) is 18.2 Å². The van der Waals surface area contributed by atoms with Crippen molar-refractivity contribution in [3.05, 3.63) is 106 Å². The SMILES string of the molecule is NC(CC(N)c1ccc(F)cc1)NC(=NCc1ccc(F)cc1Cl)NC(=O)c1ccc(F)cc1. The lowest BCUT2D eigenvalue weighted by atomic mass is 10.0. The van der Waals surface area contributed by atoms with E-state index in [9.17, 15) is 18.0 Å². The number of hydrogen-bond donors (Lipinski definition) is 4. The summed E-state index contributed by atoms with van der Waals surface area (Å²) in [6.07, 6.45) is -0.509. The number of nitrogens with one attached hydrogen (secondary N) is 2. The van der Waals surface area contributed by atoms with Gasteiger partial charge in [0.25, 0.3) is 5.91 Å². The van der Waals surface area contributed by atoms with Crippen molar-refractivity contribution in [1.82, 2.24) is 10.6 Å². The van der Waals surface area contributed by atoms with Crippen LogP contribution < -0.4 is 22.1 Å². The number of carbonyl (C=O) groups is 1. The summed E-state index contributed by atoms with van der Waals surface area (Å²) in [5.41, 5.74) is 13.8. The van der Waals surface area contributed by atoms with Gasteiger partial charge >= 0.3 is 0 Å². The Morgan fingerprint density at radius 3 is 2.12 bits per heavy atom. The summed E-state index contributed by atoms with van der Waals surface area (Å²) in [4.78, 5) is 16.9. The van der Waals surface area contributed by atoms with Crippen LogP contribution in [-0.2, 0) is 6.54 Å². The second kappa shape index (κ2) is 11.6. The van der Waals surface area contributed by atoms with Crippen molar-refractivity contribution in [3.8, 4) is 0 Å². The largest absolute Gasteiger partial charge is 0.341 e. The van der Waals surface area contributed by atoms with E-state index in [-0.39, 0.29) is 35.3 Å². The number of nitrogens with zero attached hydrogens (tertiary/aromatic N) is 1. The molecule has 178 valence electrons. The molecule has 0 bridgehead atoms. The van der Waals surface area contributed by atoms with E-state index >= 15 is 0 Å². The van der Waals surface area contributed by atoms with Gasteiger partial charge in [-0.3, -0.25) is 10.1 Å². The van der Waals surface area contributed by atoms with E-state index in [1.54, 1.807) is 12.1 Å². The maximum absolute atomic E-state index is 13.3. The van der Waals surface area contributed by atoms with Crippen molar-refractivity contribution in [3.63, 3.8) is 0 Å². The summed E-state index contributed by atoms with van der Waals surface area (Å²) < 4.78 is 39.7. The number of halogens is 4. The van der Waals surface area contributed by atoms with Crippen LogP contribution >= 0.6 is 11.6 Å². The van der Waals surface area contributed by atoms with Crippen LogP contribution in [0.3, 0.4) is 0 Å². The molecule has 34 heavy (non-hydrogen) atoms. The molecule has 0 aliphatic heterocycles. The molecular formula is C24H23ClF3N5O. The monoisotopic (exact) mass is 489 g/mol. The van der Waals surface area contributed by atoms with Crippen LogP contribution in [0.4, 0.5) is 13.2 Å². The molecule has 0 saturated heterocycles. The first-order valence-corrected chi connectivity index (χ1v) is 10.7. The quantitative estimate of drug-likeness (QED) is 0.228. The average Bonchev–Trinajstić information content (AvgIpc) is 2.79. The molecule has 0 fully saturated rings. The number of amides is 1. The summed E-state index contributed by atoms with van der Waals surface area (Å²) in [5.74, 6) is -1.88. The fourth-order valence-electron chi connectivity index (χ4n) is 3.07. The Balaban J connectivity index is 1.74. The molecule has 6 N–H and O–H groups in total. The number of hydrogen-bond acceptors (Lipinski definition) is 4. The predicted molar refractivity (Wildman–Crippen MR) is 125 cm³/mol. The van der Waals surface area contributed by atoms with Crippen molar-refractivity contribution >= 4 is 23.5 Å². The molecule has 1 amide bonds. The fraction of sp³-hybridized carbons (Fsp3) is 0.167. The van der Waals surface area contributed by atoms with Crippen LogP contribution in [0.1, 0.15) is 33.9 Å². The zero-order valence-corrected chi connectivity index (χ0v) is 18.7. The molecule has 6 nitrogen and oxygen atoms in total. The van der Waals surface area contributed by atoms with Gasteiger partial charge in [0.15, 0.2) is 5.96 Å². The molecule has 2 unspecified atom stereocenters. The van der Waals surface area contributed by atoms with Gasteiger partial charge in [-0.05, 0) is 66.1 Å². The molecule has 0 aromatic heterocycles. The fourth-order valence-corrected chi connectivity index (χ4v) is 3.30.